The molecule has 0 aliphatic carbocycles. The number of benzene rings is 1. The molecule has 0 bridgehead atoms. The molecule has 6 heteroatoms. The van der Waals surface area contributed by atoms with Crippen molar-refractivity contribution in [1.82, 2.24) is 10.2 Å². The Kier molecular flexibility index (Phi) is 6.29. The molecule has 1 aromatic heterocycles. The Morgan fingerprint density at radius 1 is 1.21 bits per heavy atom. The third-order valence-corrected chi connectivity index (χ3v) is 5.47. The van der Waals surface area contributed by atoms with Crippen LogP contribution >= 0.6 is 0 Å². The number of carbonyl (C=O) groups is 1. The molecule has 2 unspecified atom stereocenters. The minimum Gasteiger partial charge on any atom is -0.491 e. The van der Waals surface area contributed by atoms with Crippen LogP contribution in [0.2, 0.25) is 0 Å². The van der Waals surface area contributed by atoms with Gasteiger partial charge in [-0.05, 0) is 69.1 Å². The SMILES string of the molecule is O=C(NCC(c1ccco1)N1CCCC1)c1cccc(OCC2CCCO2)c1. The molecule has 1 aromatic carbocycles. The predicted molar refractivity (Wildman–Crippen MR) is 106 cm³/mol. The normalized spacial score (nSPS) is 20.9. The van der Waals surface area contributed by atoms with Crippen molar-refractivity contribution >= 4 is 5.91 Å². The molecule has 2 fully saturated rings. The van der Waals surface area contributed by atoms with Gasteiger partial charge in [0.15, 0.2) is 0 Å². The van der Waals surface area contributed by atoms with Crippen LogP contribution in [0, 0.1) is 0 Å². The summed E-state index contributed by atoms with van der Waals surface area (Å²) in [5.74, 6) is 1.50. The van der Waals surface area contributed by atoms with Crippen LogP contribution in [0.5, 0.6) is 5.75 Å². The molecule has 6 nitrogen and oxygen atoms in total. The maximum Gasteiger partial charge on any atom is 0.251 e. The zero-order valence-corrected chi connectivity index (χ0v) is 16.1. The van der Waals surface area contributed by atoms with Crippen molar-refractivity contribution < 1.29 is 18.7 Å². The number of hydrogen-bond acceptors (Lipinski definition) is 5. The topological polar surface area (TPSA) is 63.9 Å². The number of carbonyl (C=O) groups excluding carboxylic acids is 1. The molecule has 2 aliphatic heterocycles. The average molecular weight is 384 g/mol. The van der Waals surface area contributed by atoms with Gasteiger partial charge in [0.2, 0.25) is 0 Å². The molecule has 1 N–H and O–H groups in total. The van der Waals surface area contributed by atoms with Crippen LogP contribution in [0.4, 0.5) is 0 Å². The second-order valence-electron chi connectivity index (χ2n) is 7.46. The molecule has 0 radical (unpaired) electrons. The van der Waals surface area contributed by atoms with E-state index in [4.69, 9.17) is 13.9 Å². The van der Waals surface area contributed by atoms with E-state index in [1.807, 2.05) is 30.3 Å². The number of likely N-dealkylation sites (tertiary alicyclic amines) is 1. The van der Waals surface area contributed by atoms with Gasteiger partial charge in [0.25, 0.3) is 5.91 Å². The first kappa shape index (κ1) is 19.0. The molecule has 2 atom stereocenters. The summed E-state index contributed by atoms with van der Waals surface area (Å²) in [5.41, 5.74) is 0.601. The van der Waals surface area contributed by atoms with Crippen molar-refractivity contribution in [2.75, 3.05) is 32.8 Å². The molecule has 2 aromatic rings. The predicted octanol–water partition coefficient (Wildman–Crippen LogP) is 3.40. The Morgan fingerprint density at radius 3 is 2.86 bits per heavy atom. The first-order chi connectivity index (χ1) is 13.8. The number of ether oxygens (including phenoxy) is 2. The molecular weight excluding hydrogens is 356 g/mol. The summed E-state index contributed by atoms with van der Waals surface area (Å²) in [6.45, 7) is 3.93. The number of hydrogen-bond donors (Lipinski definition) is 1. The zero-order chi connectivity index (χ0) is 19.2. The third-order valence-electron chi connectivity index (χ3n) is 5.47. The van der Waals surface area contributed by atoms with Gasteiger partial charge in [-0.1, -0.05) is 6.07 Å². The average Bonchev–Trinajstić information content (AvgIpc) is 3.50. The van der Waals surface area contributed by atoms with Crippen LogP contribution in [0.3, 0.4) is 0 Å². The molecule has 2 aliphatic rings. The highest BCUT2D eigenvalue weighted by Crippen LogP contribution is 2.25. The van der Waals surface area contributed by atoms with Crippen molar-refractivity contribution in [3.63, 3.8) is 0 Å². The van der Waals surface area contributed by atoms with E-state index in [-0.39, 0.29) is 18.1 Å². The standard InChI is InChI=1S/C22H28N2O4/c25-22(17-6-3-7-18(14-17)28-16-19-8-4-12-26-19)23-15-20(21-9-5-13-27-21)24-10-1-2-11-24/h3,5-7,9,13-14,19-20H,1-2,4,8,10-12,15-16H2,(H,23,25). The van der Waals surface area contributed by atoms with Crippen molar-refractivity contribution in [2.45, 2.75) is 37.8 Å². The van der Waals surface area contributed by atoms with Crippen LogP contribution in [-0.4, -0.2) is 49.8 Å². The van der Waals surface area contributed by atoms with Gasteiger partial charge in [-0.2, -0.15) is 0 Å². The van der Waals surface area contributed by atoms with E-state index in [2.05, 4.69) is 10.2 Å². The largest absolute Gasteiger partial charge is 0.491 e. The molecule has 28 heavy (non-hydrogen) atoms. The molecule has 150 valence electrons. The maximum absolute atomic E-state index is 12.7. The molecule has 0 saturated carbocycles. The van der Waals surface area contributed by atoms with Crippen LogP contribution in [0.25, 0.3) is 0 Å². The Morgan fingerprint density at radius 2 is 2.11 bits per heavy atom. The van der Waals surface area contributed by atoms with Gasteiger partial charge in [-0.3, -0.25) is 9.69 Å². The van der Waals surface area contributed by atoms with Crippen LogP contribution < -0.4 is 10.1 Å². The number of nitrogens with zero attached hydrogens (tertiary/aromatic N) is 1. The maximum atomic E-state index is 12.7. The first-order valence-corrected chi connectivity index (χ1v) is 10.2. The van der Waals surface area contributed by atoms with Gasteiger partial charge < -0.3 is 19.2 Å². The Balaban J connectivity index is 1.35. The Hall–Kier alpha value is -2.31. The fourth-order valence-corrected chi connectivity index (χ4v) is 3.93. The second kappa shape index (κ2) is 9.26. The van der Waals surface area contributed by atoms with Crippen LogP contribution in [-0.2, 0) is 4.74 Å². The van der Waals surface area contributed by atoms with E-state index < -0.39 is 0 Å². The Bertz CT molecular complexity index is 750. The minimum absolute atomic E-state index is 0.0698. The fraction of sp³-hybridized carbons (Fsp3) is 0.500. The minimum atomic E-state index is -0.0988. The molecule has 4 rings (SSSR count). The number of furan rings is 1. The molecule has 1 amide bonds. The highest BCUT2D eigenvalue weighted by Gasteiger charge is 2.26. The van der Waals surface area contributed by atoms with E-state index in [1.165, 1.54) is 12.8 Å². The van der Waals surface area contributed by atoms with E-state index in [1.54, 1.807) is 12.3 Å². The summed E-state index contributed by atoms with van der Waals surface area (Å²) >= 11 is 0. The highest BCUT2D eigenvalue weighted by atomic mass is 16.5. The summed E-state index contributed by atoms with van der Waals surface area (Å²) in [6.07, 6.45) is 6.35. The zero-order valence-electron chi connectivity index (χ0n) is 16.1. The lowest BCUT2D eigenvalue weighted by Crippen LogP contribution is -2.36. The molecule has 2 saturated heterocycles. The van der Waals surface area contributed by atoms with Crippen molar-refractivity contribution in [3.05, 3.63) is 54.0 Å². The van der Waals surface area contributed by atoms with E-state index in [0.29, 0.717) is 24.5 Å². The van der Waals surface area contributed by atoms with Crippen molar-refractivity contribution in [1.29, 1.82) is 0 Å². The number of nitrogens with one attached hydrogen (secondary N) is 1. The van der Waals surface area contributed by atoms with Crippen LogP contribution in [0.1, 0.15) is 47.8 Å². The summed E-state index contributed by atoms with van der Waals surface area (Å²) < 4.78 is 17.0. The summed E-state index contributed by atoms with van der Waals surface area (Å²) in [7, 11) is 0. The highest BCUT2D eigenvalue weighted by molar-refractivity contribution is 5.94. The lowest BCUT2D eigenvalue weighted by molar-refractivity contribution is 0.0679. The lowest BCUT2D eigenvalue weighted by atomic mass is 10.1. The molecule has 0 spiro atoms. The Labute approximate surface area is 165 Å². The number of amides is 1. The van der Waals surface area contributed by atoms with E-state index >= 15 is 0 Å². The van der Waals surface area contributed by atoms with E-state index in [9.17, 15) is 4.79 Å². The van der Waals surface area contributed by atoms with Gasteiger partial charge in [0.05, 0.1) is 18.4 Å². The lowest BCUT2D eigenvalue weighted by Gasteiger charge is -2.26. The molecular formula is C22H28N2O4. The quantitative estimate of drug-likeness (QED) is 0.756. The second-order valence-corrected chi connectivity index (χ2v) is 7.46. The summed E-state index contributed by atoms with van der Waals surface area (Å²) in [5, 5.41) is 3.07. The van der Waals surface area contributed by atoms with Gasteiger partial charge in [0, 0.05) is 18.7 Å². The smallest absolute Gasteiger partial charge is 0.251 e. The van der Waals surface area contributed by atoms with Crippen molar-refractivity contribution in [2.24, 2.45) is 0 Å². The first-order valence-electron chi connectivity index (χ1n) is 10.2. The van der Waals surface area contributed by atoms with Gasteiger partial charge in [-0.15, -0.1) is 0 Å². The fourth-order valence-electron chi connectivity index (χ4n) is 3.93. The van der Waals surface area contributed by atoms with Crippen LogP contribution in [0.15, 0.2) is 47.1 Å². The summed E-state index contributed by atoms with van der Waals surface area (Å²) in [4.78, 5) is 15.1. The van der Waals surface area contributed by atoms with Crippen molar-refractivity contribution in [3.8, 4) is 5.75 Å². The van der Waals surface area contributed by atoms with Gasteiger partial charge in [0.1, 0.15) is 18.1 Å². The third kappa shape index (κ3) is 4.75. The monoisotopic (exact) mass is 384 g/mol. The van der Waals surface area contributed by atoms with Gasteiger partial charge >= 0.3 is 0 Å². The number of rotatable bonds is 8. The van der Waals surface area contributed by atoms with E-state index in [0.717, 1.165) is 38.3 Å². The summed E-state index contributed by atoms with van der Waals surface area (Å²) in [6, 6.07) is 11.3. The molecule has 3 heterocycles. The van der Waals surface area contributed by atoms with Gasteiger partial charge in [-0.25, -0.2) is 0 Å².